The van der Waals surface area contributed by atoms with E-state index in [1.807, 2.05) is 35.4 Å². The molecule has 1 aliphatic heterocycles. The summed E-state index contributed by atoms with van der Waals surface area (Å²) in [5.41, 5.74) is 3.22. The van der Waals surface area contributed by atoms with Crippen molar-refractivity contribution in [1.82, 2.24) is 9.88 Å². The monoisotopic (exact) mass is 411 g/mol. The average Bonchev–Trinajstić information content (AvgIpc) is 3.17. The number of para-hydroxylation sites is 1. The standard InChI is InChI=1S/C22H25N3OS2/c1-15(2)18-8-5-9-19-20(18)23-22(28-19)25-12-10-24(11-13-25)21(26)16-6-4-7-17(14-16)27-3/h4-9,14-15H,10-13H2,1-3H3. The van der Waals surface area contributed by atoms with Gasteiger partial charge in [-0.05, 0) is 42.0 Å². The van der Waals surface area contributed by atoms with Crippen LogP contribution in [0.25, 0.3) is 10.2 Å². The summed E-state index contributed by atoms with van der Waals surface area (Å²) in [4.78, 5) is 23.2. The molecule has 28 heavy (non-hydrogen) atoms. The molecule has 1 aromatic heterocycles. The van der Waals surface area contributed by atoms with Crippen LogP contribution in [0.5, 0.6) is 0 Å². The second-order valence-corrected chi connectivity index (χ2v) is 9.25. The van der Waals surface area contributed by atoms with Crippen LogP contribution in [0.3, 0.4) is 0 Å². The van der Waals surface area contributed by atoms with Crippen LogP contribution < -0.4 is 4.90 Å². The van der Waals surface area contributed by atoms with Gasteiger partial charge in [-0.3, -0.25) is 4.79 Å². The number of rotatable bonds is 4. The van der Waals surface area contributed by atoms with Crippen LogP contribution in [0, 0.1) is 0 Å². The molecule has 0 atom stereocenters. The van der Waals surface area contributed by atoms with E-state index in [9.17, 15) is 4.79 Å². The highest BCUT2D eigenvalue weighted by Crippen LogP contribution is 2.33. The quantitative estimate of drug-likeness (QED) is 0.560. The fourth-order valence-electron chi connectivity index (χ4n) is 3.60. The second kappa shape index (κ2) is 8.13. The fourth-order valence-corrected chi connectivity index (χ4v) is 5.11. The Balaban J connectivity index is 1.47. The largest absolute Gasteiger partial charge is 0.345 e. The van der Waals surface area contributed by atoms with Gasteiger partial charge in [-0.1, -0.05) is 43.4 Å². The molecule has 4 rings (SSSR count). The van der Waals surface area contributed by atoms with E-state index in [1.165, 1.54) is 10.3 Å². The molecule has 1 aliphatic rings. The zero-order valence-corrected chi connectivity index (χ0v) is 18.1. The number of benzene rings is 2. The van der Waals surface area contributed by atoms with Crippen LogP contribution in [0.2, 0.25) is 0 Å². The molecule has 146 valence electrons. The third-order valence-electron chi connectivity index (χ3n) is 5.22. The van der Waals surface area contributed by atoms with Crippen LogP contribution in [-0.2, 0) is 0 Å². The summed E-state index contributed by atoms with van der Waals surface area (Å²) in [5.74, 6) is 0.590. The van der Waals surface area contributed by atoms with Gasteiger partial charge in [0.1, 0.15) is 0 Å². The lowest BCUT2D eigenvalue weighted by Gasteiger charge is -2.34. The number of aromatic nitrogens is 1. The van der Waals surface area contributed by atoms with Gasteiger partial charge in [0, 0.05) is 36.6 Å². The zero-order chi connectivity index (χ0) is 19.7. The maximum absolute atomic E-state index is 12.9. The average molecular weight is 412 g/mol. The van der Waals surface area contributed by atoms with Crippen LogP contribution in [0.15, 0.2) is 47.4 Å². The molecule has 0 unspecified atom stereocenters. The summed E-state index contributed by atoms with van der Waals surface area (Å²) < 4.78 is 1.24. The molecule has 2 aromatic carbocycles. The maximum atomic E-state index is 12.9. The number of anilines is 1. The number of hydrogen-bond donors (Lipinski definition) is 0. The minimum Gasteiger partial charge on any atom is -0.345 e. The lowest BCUT2D eigenvalue weighted by Crippen LogP contribution is -2.48. The predicted octanol–water partition coefficient (Wildman–Crippen LogP) is 5.10. The first-order valence-electron chi connectivity index (χ1n) is 9.64. The third kappa shape index (κ3) is 3.76. The van der Waals surface area contributed by atoms with E-state index in [-0.39, 0.29) is 5.91 Å². The maximum Gasteiger partial charge on any atom is 0.254 e. The highest BCUT2D eigenvalue weighted by Gasteiger charge is 2.24. The Morgan fingerprint density at radius 1 is 1.11 bits per heavy atom. The van der Waals surface area contributed by atoms with Crippen molar-refractivity contribution in [1.29, 1.82) is 0 Å². The van der Waals surface area contributed by atoms with Crippen LogP contribution in [0.1, 0.15) is 35.7 Å². The lowest BCUT2D eigenvalue weighted by atomic mass is 10.0. The van der Waals surface area contributed by atoms with E-state index in [1.54, 1.807) is 23.1 Å². The Morgan fingerprint density at radius 2 is 1.86 bits per heavy atom. The van der Waals surface area contributed by atoms with E-state index in [2.05, 4.69) is 36.9 Å². The SMILES string of the molecule is CSc1cccc(C(=O)N2CCN(c3nc4c(C(C)C)cccc4s3)CC2)c1. The van der Waals surface area contributed by atoms with Crippen molar-refractivity contribution >= 4 is 44.4 Å². The zero-order valence-electron chi connectivity index (χ0n) is 16.5. The van der Waals surface area contributed by atoms with Gasteiger partial charge in [0.05, 0.1) is 10.2 Å². The minimum absolute atomic E-state index is 0.127. The Bertz CT molecular complexity index is 990. The summed E-state index contributed by atoms with van der Waals surface area (Å²) in [6.45, 7) is 7.54. The van der Waals surface area contributed by atoms with Gasteiger partial charge < -0.3 is 9.80 Å². The Hall–Kier alpha value is -2.05. The molecule has 0 bridgehead atoms. The number of thioether (sulfide) groups is 1. The van der Waals surface area contributed by atoms with E-state index < -0.39 is 0 Å². The minimum atomic E-state index is 0.127. The number of hydrogen-bond acceptors (Lipinski definition) is 5. The van der Waals surface area contributed by atoms with Crippen LogP contribution in [0.4, 0.5) is 5.13 Å². The predicted molar refractivity (Wildman–Crippen MR) is 120 cm³/mol. The second-order valence-electron chi connectivity index (χ2n) is 7.36. The molecular formula is C22H25N3OS2. The van der Waals surface area contributed by atoms with Crippen LogP contribution in [-0.4, -0.2) is 48.2 Å². The molecule has 6 heteroatoms. The molecule has 0 N–H and O–H groups in total. The number of amides is 1. The Labute approximate surface area is 174 Å². The summed E-state index contributed by atoms with van der Waals surface area (Å²) in [6.07, 6.45) is 2.03. The number of carbonyl (C=O) groups excluding carboxylic acids is 1. The van der Waals surface area contributed by atoms with Crippen molar-refractivity contribution in [3.05, 3.63) is 53.6 Å². The first-order valence-corrected chi connectivity index (χ1v) is 11.7. The normalized spacial score (nSPS) is 14.9. The van der Waals surface area contributed by atoms with Gasteiger partial charge in [-0.25, -0.2) is 4.98 Å². The van der Waals surface area contributed by atoms with Crippen LogP contribution >= 0.6 is 23.1 Å². The molecular weight excluding hydrogens is 386 g/mol. The highest BCUT2D eigenvalue weighted by atomic mass is 32.2. The fraction of sp³-hybridized carbons (Fsp3) is 0.364. The van der Waals surface area contributed by atoms with Crippen molar-refractivity contribution in [2.45, 2.75) is 24.7 Å². The third-order valence-corrected chi connectivity index (χ3v) is 7.02. The first-order chi connectivity index (χ1) is 13.6. The van der Waals surface area contributed by atoms with Crippen molar-refractivity contribution in [2.24, 2.45) is 0 Å². The molecule has 0 aliphatic carbocycles. The molecule has 3 aromatic rings. The number of thiazole rings is 1. The molecule has 2 heterocycles. The van der Waals surface area contributed by atoms with Gasteiger partial charge in [-0.2, -0.15) is 0 Å². The molecule has 0 spiro atoms. The molecule has 1 saturated heterocycles. The van der Waals surface area contributed by atoms with Crippen molar-refractivity contribution in [2.75, 3.05) is 37.3 Å². The summed E-state index contributed by atoms with van der Waals surface area (Å²) in [6, 6.07) is 14.4. The number of carbonyl (C=O) groups is 1. The summed E-state index contributed by atoms with van der Waals surface area (Å²) in [5, 5.41) is 1.07. The number of piperazine rings is 1. The molecule has 4 nitrogen and oxygen atoms in total. The van der Waals surface area contributed by atoms with E-state index >= 15 is 0 Å². The van der Waals surface area contributed by atoms with E-state index in [4.69, 9.17) is 4.98 Å². The number of fused-ring (bicyclic) bond motifs is 1. The van der Waals surface area contributed by atoms with Crippen molar-refractivity contribution in [3.8, 4) is 0 Å². The highest BCUT2D eigenvalue weighted by molar-refractivity contribution is 7.98. The molecule has 1 fully saturated rings. The van der Waals surface area contributed by atoms with Gasteiger partial charge >= 0.3 is 0 Å². The first kappa shape index (κ1) is 19.3. The molecule has 0 radical (unpaired) electrons. The molecule has 0 saturated carbocycles. The topological polar surface area (TPSA) is 36.4 Å². The van der Waals surface area contributed by atoms with Crippen molar-refractivity contribution in [3.63, 3.8) is 0 Å². The van der Waals surface area contributed by atoms with Gasteiger partial charge in [0.25, 0.3) is 5.91 Å². The Morgan fingerprint density at radius 3 is 2.57 bits per heavy atom. The van der Waals surface area contributed by atoms with Crippen molar-refractivity contribution < 1.29 is 4.79 Å². The van der Waals surface area contributed by atoms with E-state index in [0.717, 1.165) is 47.3 Å². The Kier molecular flexibility index (Phi) is 5.60. The van der Waals surface area contributed by atoms with E-state index in [0.29, 0.717) is 5.92 Å². The van der Waals surface area contributed by atoms with Gasteiger partial charge in [0.15, 0.2) is 5.13 Å². The smallest absolute Gasteiger partial charge is 0.254 e. The number of nitrogens with zero attached hydrogens (tertiary/aromatic N) is 3. The van der Waals surface area contributed by atoms with Gasteiger partial charge in [-0.15, -0.1) is 11.8 Å². The van der Waals surface area contributed by atoms with Gasteiger partial charge in [0.2, 0.25) is 0 Å². The lowest BCUT2D eigenvalue weighted by molar-refractivity contribution is 0.0746. The summed E-state index contributed by atoms with van der Waals surface area (Å²) in [7, 11) is 0. The summed E-state index contributed by atoms with van der Waals surface area (Å²) >= 11 is 3.42. The molecule has 1 amide bonds.